The van der Waals surface area contributed by atoms with E-state index in [1.165, 1.54) is 0 Å². The second-order valence-electron chi connectivity index (χ2n) is 7.84. The van der Waals surface area contributed by atoms with E-state index in [4.69, 9.17) is 9.47 Å². The predicted octanol–water partition coefficient (Wildman–Crippen LogP) is 3.10. The number of carbonyl (C=O) groups excluding carboxylic acids is 2. The molecule has 1 aromatic heterocycles. The molecule has 3 heterocycles. The van der Waals surface area contributed by atoms with Crippen molar-refractivity contribution in [2.75, 3.05) is 36.5 Å². The highest BCUT2D eigenvalue weighted by molar-refractivity contribution is 6.02. The van der Waals surface area contributed by atoms with Crippen LogP contribution in [-0.2, 0) is 9.47 Å². The summed E-state index contributed by atoms with van der Waals surface area (Å²) < 4.78 is 10.6. The minimum atomic E-state index is -0.613. The molecule has 1 N–H and O–H groups in total. The van der Waals surface area contributed by atoms with Gasteiger partial charge in [0.05, 0.1) is 36.2 Å². The van der Waals surface area contributed by atoms with Gasteiger partial charge in [-0.3, -0.25) is 10.1 Å². The first-order valence-electron chi connectivity index (χ1n) is 8.57. The zero-order chi connectivity index (χ0) is 18.2. The molecule has 2 saturated heterocycles. The van der Waals surface area contributed by atoms with E-state index in [-0.39, 0.29) is 18.3 Å². The predicted molar refractivity (Wildman–Crippen MR) is 96.3 cm³/mol. The molecule has 0 unspecified atom stereocenters. The maximum absolute atomic E-state index is 12.1. The number of hydrogen-bond acceptors (Lipinski definition) is 6. The van der Waals surface area contributed by atoms with Crippen LogP contribution in [0.4, 0.5) is 16.2 Å². The Morgan fingerprint density at radius 3 is 2.60 bits per heavy atom. The van der Waals surface area contributed by atoms with E-state index in [1.54, 1.807) is 40.0 Å². The lowest BCUT2D eigenvalue weighted by atomic mass is 9.78. The van der Waals surface area contributed by atoms with Crippen molar-refractivity contribution in [3.8, 4) is 0 Å². The van der Waals surface area contributed by atoms with E-state index in [0.29, 0.717) is 12.1 Å². The van der Waals surface area contributed by atoms with Crippen LogP contribution in [0.15, 0.2) is 12.3 Å². The number of ether oxygens (including phenoxy) is 2. The van der Waals surface area contributed by atoms with E-state index in [2.05, 4.69) is 15.2 Å². The highest BCUT2D eigenvalue weighted by Gasteiger charge is 2.49. The normalized spacial score (nSPS) is 18.3. The summed E-state index contributed by atoms with van der Waals surface area (Å²) in [5, 5.41) is 2.68. The first-order valence-corrected chi connectivity index (χ1v) is 8.57. The van der Waals surface area contributed by atoms with Crippen LogP contribution in [-0.4, -0.2) is 48.8 Å². The third-order valence-corrected chi connectivity index (χ3v) is 4.33. The van der Waals surface area contributed by atoms with Gasteiger partial charge in [-0.05, 0) is 26.8 Å². The SMILES string of the molecule is CCC(=O)c1ncc(N2CC3(COC3)C2)cc1NC(=O)OC(C)(C)C.[HH]. The van der Waals surface area contributed by atoms with Crippen LogP contribution in [0.2, 0.25) is 0 Å². The van der Waals surface area contributed by atoms with E-state index in [1.807, 2.05) is 0 Å². The summed E-state index contributed by atoms with van der Waals surface area (Å²) in [6, 6.07) is 1.80. The maximum atomic E-state index is 12.1. The zero-order valence-corrected chi connectivity index (χ0v) is 15.2. The van der Waals surface area contributed by atoms with Crippen molar-refractivity contribution in [1.29, 1.82) is 0 Å². The number of aromatic nitrogens is 1. The topological polar surface area (TPSA) is 80.8 Å². The first kappa shape index (κ1) is 17.7. The molecule has 0 bridgehead atoms. The summed E-state index contributed by atoms with van der Waals surface area (Å²) in [4.78, 5) is 30.7. The largest absolute Gasteiger partial charge is 0.444 e. The molecule has 25 heavy (non-hydrogen) atoms. The third kappa shape index (κ3) is 3.76. The van der Waals surface area contributed by atoms with Crippen LogP contribution in [0, 0.1) is 5.41 Å². The molecule has 0 aromatic carbocycles. The molecule has 138 valence electrons. The molecule has 1 amide bonds. The molecule has 1 spiro atoms. The Balaban J connectivity index is 0.00000243. The van der Waals surface area contributed by atoms with Gasteiger partial charge < -0.3 is 14.4 Å². The van der Waals surface area contributed by atoms with Gasteiger partial charge in [0.2, 0.25) is 0 Å². The fraction of sp³-hybridized carbons (Fsp3) is 0.611. The van der Waals surface area contributed by atoms with Crippen LogP contribution in [0.5, 0.6) is 0 Å². The highest BCUT2D eigenvalue weighted by atomic mass is 16.6. The Hall–Kier alpha value is -2.15. The van der Waals surface area contributed by atoms with E-state index in [9.17, 15) is 9.59 Å². The van der Waals surface area contributed by atoms with Gasteiger partial charge in [0.15, 0.2) is 5.78 Å². The Kier molecular flexibility index (Phi) is 4.45. The van der Waals surface area contributed by atoms with Gasteiger partial charge in [0.1, 0.15) is 11.3 Å². The van der Waals surface area contributed by atoms with Crippen molar-refractivity contribution >= 4 is 23.3 Å². The summed E-state index contributed by atoms with van der Waals surface area (Å²) in [5.74, 6) is -0.120. The second kappa shape index (κ2) is 6.29. The highest BCUT2D eigenvalue weighted by Crippen LogP contribution is 2.40. The van der Waals surface area contributed by atoms with E-state index in [0.717, 1.165) is 32.0 Å². The molecule has 7 heteroatoms. The van der Waals surface area contributed by atoms with Crippen molar-refractivity contribution in [3.63, 3.8) is 0 Å². The molecule has 2 aliphatic heterocycles. The van der Waals surface area contributed by atoms with Crippen molar-refractivity contribution in [2.45, 2.75) is 39.7 Å². The fourth-order valence-corrected chi connectivity index (χ4v) is 3.04. The Morgan fingerprint density at radius 2 is 2.08 bits per heavy atom. The molecule has 0 aliphatic carbocycles. The van der Waals surface area contributed by atoms with Crippen LogP contribution in [0.3, 0.4) is 0 Å². The number of pyridine rings is 1. The Labute approximate surface area is 149 Å². The molecule has 3 rings (SSSR count). The van der Waals surface area contributed by atoms with Gasteiger partial charge in [-0.25, -0.2) is 9.78 Å². The monoisotopic (exact) mass is 349 g/mol. The number of rotatable bonds is 4. The molecule has 1 aromatic rings. The van der Waals surface area contributed by atoms with Crippen LogP contribution < -0.4 is 10.2 Å². The lowest BCUT2D eigenvalue weighted by Crippen LogP contribution is -2.66. The number of hydrogen-bond donors (Lipinski definition) is 1. The summed E-state index contributed by atoms with van der Waals surface area (Å²) in [7, 11) is 0. The summed E-state index contributed by atoms with van der Waals surface area (Å²) in [6.07, 6.45) is 1.42. The Bertz CT molecular complexity index is 690. The van der Waals surface area contributed by atoms with Crippen molar-refractivity contribution in [1.82, 2.24) is 4.98 Å². The number of carbonyl (C=O) groups is 2. The van der Waals surface area contributed by atoms with Crippen molar-refractivity contribution in [3.05, 3.63) is 18.0 Å². The fourth-order valence-electron chi connectivity index (χ4n) is 3.04. The number of anilines is 2. The van der Waals surface area contributed by atoms with Gasteiger partial charge in [-0.2, -0.15) is 0 Å². The van der Waals surface area contributed by atoms with E-state index >= 15 is 0 Å². The number of ketones is 1. The lowest BCUT2D eigenvalue weighted by Gasteiger charge is -2.55. The van der Waals surface area contributed by atoms with Crippen molar-refractivity contribution < 1.29 is 20.5 Å². The average molecular weight is 349 g/mol. The van der Waals surface area contributed by atoms with Crippen LogP contribution >= 0.6 is 0 Å². The third-order valence-electron chi connectivity index (χ3n) is 4.33. The molecule has 0 atom stereocenters. The zero-order valence-electron chi connectivity index (χ0n) is 15.2. The maximum Gasteiger partial charge on any atom is 0.412 e. The smallest absolute Gasteiger partial charge is 0.412 e. The molecular formula is C18H27N3O4. The van der Waals surface area contributed by atoms with Gasteiger partial charge in [0, 0.05) is 20.9 Å². The van der Waals surface area contributed by atoms with E-state index < -0.39 is 11.7 Å². The first-order chi connectivity index (χ1) is 11.7. The molecule has 7 nitrogen and oxygen atoms in total. The van der Waals surface area contributed by atoms with Crippen molar-refractivity contribution in [2.24, 2.45) is 5.41 Å². The standard InChI is InChI=1S/C18H25N3O4.H2/c1-5-14(22)15-13(20-16(23)25-17(2,3)4)6-12(7-19-15)21-8-18(9-21)10-24-11-18;/h6-7H,5,8-11H2,1-4H3,(H,20,23);1H. The minimum absolute atomic E-state index is 0. The number of amides is 1. The Morgan fingerprint density at radius 1 is 1.40 bits per heavy atom. The summed E-state index contributed by atoms with van der Waals surface area (Å²) in [5.41, 5.74) is 1.20. The summed E-state index contributed by atoms with van der Waals surface area (Å²) in [6.45, 7) is 10.5. The summed E-state index contributed by atoms with van der Waals surface area (Å²) >= 11 is 0. The molecule has 0 radical (unpaired) electrons. The van der Waals surface area contributed by atoms with Gasteiger partial charge in [-0.15, -0.1) is 0 Å². The average Bonchev–Trinajstić information content (AvgIpc) is 2.41. The number of nitrogens with one attached hydrogen (secondary N) is 1. The number of Topliss-reactive ketones (excluding diaryl/α,β-unsaturated/α-hetero) is 1. The van der Waals surface area contributed by atoms with Gasteiger partial charge in [0.25, 0.3) is 0 Å². The van der Waals surface area contributed by atoms with Crippen LogP contribution in [0.1, 0.15) is 46.0 Å². The second-order valence-corrected chi connectivity index (χ2v) is 7.84. The molecular weight excluding hydrogens is 322 g/mol. The minimum Gasteiger partial charge on any atom is -0.444 e. The quantitative estimate of drug-likeness (QED) is 0.841. The van der Waals surface area contributed by atoms with Gasteiger partial charge >= 0.3 is 6.09 Å². The van der Waals surface area contributed by atoms with Crippen LogP contribution in [0.25, 0.3) is 0 Å². The molecule has 0 saturated carbocycles. The lowest BCUT2D eigenvalue weighted by molar-refractivity contribution is -0.127. The molecule has 2 fully saturated rings. The number of nitrogens with zero attached hydrogens (tertiary/aromatic N) is 2. The molecule has 2 aliphatic rings. The van der Waals surface area contributed by atoms with Gasteiger partial charge in [-0.1, -0.05) is 6.92 Å².